The topological polar surface area (TPSA) is 80.1 Å². The summed E-state index contributed by atoms with van der Waals surface area (Å²) in [5.74, 6) is 0.860. The first-order valence-corrected chi connectivity index (χ1v) is 7.60. The van der Waals surface area contributed by atoms with Crippen LogP contribution in [0.25, 0.3) is 0 Å². The van der Waals surface area contributed by atoms with Gasteiger partial charge in [-0.05, 0) is 53.3 Å². The maximum atomic E-state index is 11.1. The number of nitrogens with zero attached hydrogens (tertiary/aromatic N) is 2. The molecule has 0 aliphatic carbocycles. The van der Waals surface area contributed by atoms with E-state index in [1.54, 1.807) is 6.07 Å². The molecule has 0 radical (unpaired) electrons. The van der Waals surface area contributed by atoms with Crippen molar-refractivity contribution >= 4 is 45.6 Å². The molecule has 2 aromatic rings. The average Bonchev–Trinajstić information content (AvgIpc) is 2.45. The molecule has 1 aromatic heterocycles. The zero-order chi connectivity index (χ0) is 15.2. The van der Waals surface area contributed by atoms with E-state index in [4.69, 9.17) is 0 Å². The quantitative estimate of drug-likeness (QED) is 0.434. The van der Waals surface area contributed by atoms with E-state index in [9.17, 15) is 10.1 Å². The second-order valence-corrected chi connectivity index (χ2v) is 5.63. The van der Waals surface area contributed by atoms with Crippen LogP contribution in [0.5, 0.6) is 0 Å². The predicted molar refractivity (Wildman–Crippen MR) is 92.1 cm³/mol. The number of hydrogen-bond acceptors (Lipinski definition) is 5. The highest BCUT2D eigenvalue weighted by molar-refractivity contribution is 14.1. The molecule has 2 N–H and O–H groups in total. The van der Waals surface area contributed by atoms with Gasteiger partial charge >= 0.3 is 5.69 Å². The monoisotopic (exact) mass is 398 g/mol. The zero-order valence-electron chi connectivity index (χ0n) is 11.5. The van der Waals surface area contributed by atoms with Crippen LogP contribution in [0.4, 0.5) is 23.0 Å². The first kappa shape index (κ1) is 15.5. The van der Waals surface area contributed by atoms with E-state index in [1.807, 2.05) is 31.2 Å². The minimum absolute atomic E-state index is 0.0455. The van der Waals surface area contributed by atoms with Crippen molar-refractivity contribution in [2.75, 3.05) is 17.2 Å². The number of anilines is 3. The minimum atomic E-state index is -0.438. The molecule has 110 valence electrons. The van der Waals surface area contributed by atoms with Gasteiger partial charge in [0.05, 0.1) is 4.92 Å². The highest BCUT2D eigenvalue weighted by atomic mass is 127. The van der Waals surface area contributed by atoms with Crippen LogP contribution in [-0.2, 0) is 0 Å². The van der Waals surface area contributed by atoms with Gasteiger partial charge in [-0.1, -0.05) is 13.0 Å². The van der Waals surface area contributed by atoms with Crippen molar-refractivity contribution in [1.82, 2.24) is 4.98 Å². The number of pyridine rings is 1. The fourth-order valence-electron chi connectivity index (χ4n) is 1.75. The van der Waals surface area contributed by atoms with Crippen LogP contribution in [0, 0.1) is 13.7 Å². The van der Waals surface area contributed by atoms with Gasteiger partial charge in [-0.3, -0.25) is 10.1 Å². The lowest BCUT2D eigenvalue weighted by Crippen LogP contribution is -2.05. The summed E-state index contributed by atoms with van der Waals surface area (Å²) in [6, 6.07) is 10.7. The summed E-state index contributed by atoms with van der Waals surface area (Å²) >= 11 is 2.19. The summed E-state index contributed by atoms with van der Waals surface area (Å²) in [4.78, 5) is 15.0. The van der Waals surface area contributed by atoms with Gasteiger partial charge in [0.15, 0.2) is 0 Å². The third kappa shape index (κ3) is 4.28. The third-order valence-electron chi connectivity index (χ3n) is 2.71. The van der Waals surface area contributed by atoms with Crippen molar-refractivity contribution in [2.45, 2.75) is 13.3 Å². The van der Waals surface area contributed by atoms with Crippen molar-refractivity contribution in [3.05, 3.63) is 50.1 Å². The van der Waals surface area contributed by atoms with E-state index < -0.39 is 4.92 Å². The molecule has 0 saturated carbocycles. The SMILES string of the molecule is CCCNc1ccc([N+](=O)[O-])c(Nc2cccc(I)c2)n1. The van der Waals surface area contributed by atoms with Crippen molar-refractivity contribution in [3.8, 4) is 0 Å². The number of nitrogens with one attached hydrogen (secondary N) is 2. The van der Waals surface area contributed by atoms with E-state index in [2.05, 4.69) is 38.2 Å². The van der Waals surface area contributed by atoms with Crippen LogP contribution in [-0.4, -0.2) is 16.5 Å². The van der Waals surface area contributed by atoms with E-state index in [1.165, 1.54) is 6.07 Å². The molecule has 0 saturated heterocycles. The van der Waals surface area contributed by atoms with Gasteiger partial charge in [0.2, 0.25) is 5.82 Å². The van der Waals surface area contributed by atoms with E-state index >= 15 is 0 Å². The molecule has 0 spiro atoms. The number of halogens is 1. The summed E-state index contributed by atoms with van der Waals surface area (Å²) in [5, 5.41) is 17.2. The second kappa shape index (κ2) is 7.21. The average molecular weight is 398 g/mol. The van der Waals surface area contributed by atoms with Crippen molar-refractivity contribution < 1.29 is 4.92 Å². The molecule has 6 nitrogen and oxygen atoms in total. The number of aromatic nitrogens is 1. The van der Waals surface area contributed by atoms with Gasteiger partial charge in [-0.15, -0.1) is 0 Å². The van der Waals surface area contributed by atoms with Gasteiger partial charge in [0.1, 0.15) is 5.82 Å². The predicted octanol–water partition coefficient (Wildman–Crippen LogP) is 4.16. The van der Waals surface area contributed by atoms with Crippen LogP contribution in [0.1, 0.15) is 13.3 Å². The number of benzene rings is 1. The Morgan fingerprint density at radius 2 is 2.14 bits per heavy atom. The molecule has 1 aromatic carbocycles. The van der Waals surface area contributed by atoms with E-state index in [-0.39, 0.29) is 11.5 Å². The first-order valence-electron chi connectivity index (χ1n) is 6.52. The maximum absolute atomic E-state index is 11.1. The third-order valence-corrected chi connectivity index (χ3v) is 3.39. The maximum Gasteiger partial charge on any atom is 0.311 e. The van der Waals surface area contributed by atoms with Crippen LogP contribution in [0.3, 0.4) is 0 Å². The van der Waals surface area contributed by atoms with Crippen molar-refractivity contribution in [2.24, 2.45) is 0 Å². The summed E-state index contributed by atoms with van der Waals surface area (Å²) in [7, 11) is 0. The first-order chi connectivity index (χ1) is 10.1. The lowest BCUT2D eigenvalue weighted by atomic mass is 10.3. The molecule has 0 atom stereocenters. The molecule has 21 heavy (non-hydrogen) atoms. The van der Waals surface area contributed by atoms with Crippen LogP contribution < -0.4 is 10.6 Å². The highest BCUT2D eigenvalue weighted by Gasteiger charge is 2.16. The Morgan fingerprint density at radius 1 is 1.33 bits per heavy atom. The van der Waals surface area contributed by atoms with Gasteiger partial charge in [0.25, 0.3) is 0 Å². The molecule has 7 heteroatoms. The Hall–Kier alpha value is -1.90. The summed E-state index contributed by atoms with van der Waals surface area (Å²) in [6.45, 7) is 2.82. The molecular formula is C14H15IN4O2. The fourth-order valence-corrected chi connectivity index (χ4v) is 2.29. The fraction of sp³-hybridized carbons (Fsp3) is 0.214. The van der Waals surface area contributed by atoms with Gasteiger partial charge < -0.3 is 10.6 Å². The van der Waals surface area contributed by atoms with E-state index in [0.717, 1.165) is 22.2 Å². The Bertz CT molecular complexity index is 649. The lowest BCUT2D eigenvalue weighted by molar-refractivity contribution is -0.384. The van der Waals surface area contributed by atoms with Crippen molar-refractivity contribution in [3.63, 3.8) is 0 Å². The molecular weight excluding hydrogens is 383 g/mol. The molecule has 0 fully saturated rings. The summed E-state index contributed by atoms with van der Waals surface area (Å²) < 4.78 is 1.04. The Morgan fingerprint density at radius 3 is 2.81 bits per heavy atom. The minimum Gasteiger partial charge on any atom is -0.370 e. The Balaban J connectivity index is 2.31. The molecule has 0 unspecified atom stereocenters. The summed E-state index contributed by atoms with van der Waals surface area (Å²) in [6.07, 6.45) is 0.957. The van der Waals surface area contributed by atoms with Crippen LogP contribution >= 0.6 is 22.6 Å². The van der Waals surface area contributed by atoms with Gasteiger partial charge in [-0.2, -0.15) is 0 Å². The van der Waals surface area contributed by atoms with Crippen LogP contribution in [0.2, 0.25) is 0 Å². The summed E-state index contributed by atoms with van der Waals surface area (Å²) in [5.41, 5.74) is 0.723. The normalized spacial score (nSPS) is 10.2. The number of hydrogen-bond donors (Lipinski definition) is 2. The number of rotatable bonds is 6. The van der Waals surface area contributed by atoms with Crippen molar-refractivity contribution in [1.29, 1.82) is 0 Å². The second-order valence-electron chi connectivity index (χ2n) is 4.38. The molecule has 0 bridgehead atoms. The Labute approximate surface area is 136 Å². The van der Waals surface area contributed by atoms with E-state index in [0.29, 0.717) is 5.82 Å². The smallest absolute Gasteiger partial charge is 0.311 e. The highest BCUT2D eigenvalue weighted by Crippen LogP contribution is 2.27. The van der Waals surface area contributed by atoms with Gasteiger partial charge in [0, 0.05) is 21.9 Å². The standard InChI is InChI=1S/C14H15IN4O2/c1-2-8-16-13-7-6-12(19(20)21)14(18-13)17-11-5-3-4-10(15)9-11/h3-7,9H,2,8H2,1H3,(H2,16,17,18). The molecule has 0 aliphatic heterocycles. The molecule has 2 rings (SSSR count). The zero-order valence-corrected chi connectivity index (χ0v) is 13.6. The Kier molecular flexibility index (Phi) is 5.32. The van der Waals surface area contributed by atoms with Gasteiger partial charge in [-0.25, -0.2) is 4.98 Å². The largest absolute Gasteiger partial charge is 0.370 e. The van der Waals surface area contributed by atoms with Crippen LogP contribution in [0.15, 0.2) is 36.4 Å². The molecule has 0 aliphatic rings. The molecule has 1 heterocycles. The lowest BCUT2D eigenvalue weighted by Gasteiger charge is -2.09. The molecule has 0 amide bonds. The number of nitro groups is 1.